The molecule has 1 atom stereocenters. The number of hydrogen-bond donors (Lipinski definition) is 2. The molecule has 0 aliphatic carbocycles. The lowest BCUT2D eigenvalue weighted by atomic mass is 10.2. The second-order valence-electron chi connectivity index (χ2n) is 5.00. The molecule has 1 amide bonds. The van der Waals surface area contributed by atoms with Crippen molar-refractivity contribution < 1.29 is 32.6 Å². The zero-order chi connectivity index (χ0) is 17.9. The number of esters is 1. The minimum atomic E-state index is -1.26. The molecule has 1 aromatic heterocycles. The summed E-state index contributed by atoms with van der Waals surface area (Å²) in [5, 5.41) is 11.1. The summed E-state index contributed by atoms with van der Waals surface area (Å²) in [6.07, 6.45) is -1.26. The van der Waals surface area contributed by atoms with E-state index in [1.807, 2.05) is 0 Å². The molecule has 128 valence electrons. The quantitative estimate of drug-likeness (QED) is 0.817. The fourth-order valence-corrected chi connectivity index (χ4v) is 1.93. The van der Waals surface area contributed by atoms with E-state index in [2.05, 4.69) is 5.32 Å². The van der Waals surface area contributed by atoms with Crippen molar-refractivity contribution in [3.63, 3.8) is 0 Å². The first-order valence-corrected chi connectivity index (χ1v) is 6.99. The number of anilines is 1. The predicted molar refractivity (Wildman–Crippen MR) is 79.2 cm³/mol. The number of carbonyl (C=O) groups is 2. The molecular formula is C16H15F2NO5. The Morgan fingerprint density at radius 2 is 2.04 bits per heavy atom. The summed E-state index contributed by atoms with van der Waals surface area (Å²) in [6.45, 7) is 2.40. The summed E-state index contributed by atoms with van der Waals surface area (Å²) >= 11 is 0. The largest absolute Gasteiger partial charge is 0.463 e. The molecule has 0 saturated carbocycles. The van der Waals surface area contributed by atoms with E-state index in [1.54, 1.807) is 0 Å². The first kappa shape index (κ1) is 17.6. The molecule has 0 spiro atoms. The van der Waals surface area contributed by atoms with Gasteiger partial charge in [-0.3, -0.25) is 4.79 Å². The van der Waals surface area contributed by atoms with Crippen LogP contribution in [0.2, 0.25) is 0 Å². The monoisotopic (exact) mass is 339 g/mol. The number of hydrogen-bond acceptors (Lipinski definition) is 5. The van der Waals surface area contributed by atoms with Crippen LogP contribution in [0, 0.1) is 18.6 Å². The van der Waals surface area contributed by atoms with Crippen LogP contribution < -0.4 is 5.32 Å². The topological polar surface area (TPSA) is 88.8 Å². The number of aryl methyl sites for hydroxylation is 1. The average molecular weight is 339 g/mol. The van der Waals surface area contributed by atoms with Crippen molar-refractivity contribution in [2.75, 3.05) is 5.32 Å². The lowest BCUT2D eigenvalue weighted by Gasteiger charge is -2.13. The van der Waals surface area contributed by atoms with Gasteiger partial charge < -0.3 is 19.6 Å². The van der Waals surface area contributed by atoms with Crippen molar-refractivity contribution in [3.05, 3.63) is 53.0 Å². The summed E-state index contributed by atoms with van der Waals surface area (Å²) in [5.41, 5.74) is -0.291. The van der Waals surface area contributed by atoms with Gasteiger partial charge in [-0.15, -0.1) is 0 Å². The van der Waals surface area contributed by atoms with Crippen molar-refractivity contribution in [1.29, 1.82) is 0 Å². The number of benzene rings is 1. The molecule has 1 heterocycles. The summed E-state index contributed by atoms with van der Waals surface area (Å²) < 4.78 is 36.6. The van der Waals surface area contributed by atoms with Crippen LogP contribution in [0.4, 0.5) is 14.5 Å². The number of amides is 1. The van der Waals surface area contributed by atoms with Gasteiger partial charge in [-0.25, -0.2) is 13.6 Å². The molecule has 0 fully saturated rings. The van der Waals surface area contributed by atoms with Crippen LogP contribution in [-0.2, 0) is 16.1 Å². The van der Waals surface area contributed by atoms with Gasteiger partial charge in [-0.2, -0.15) is 0 Å². The molecule has 0 aliphatic heterocycles. The third kappa shape index (κ3) is 3.96. The van der Waals surface area contributed by atoms with E-state index >= 15 is 0 Å². The highest BCUT2D eigenvalue weighted by Crippen LogP contribution is 2.18. The molecule has 0 saturated heterocycles. The number of aliphatic hydroxyl groups excluding tert-OH is 1. The normalized spacial score (nSPS) is 11.9. The van der Waals surface area contributed by atoms with Crippen LogP contribution in [0.3, 0.4) is 0 Å². The molecule has 1 aromatic carbocycles. The lowest BCUT2D eigenvalue weighted by Crippen LogP contribution is -2.30. The highest BCUT2D eigenvalue weighted by Gasteiger charge is 2.23. The van der Waals surface area contributed by atoms with Gasteiger partial charge in [-0.1, -0.05) is 0 Å². The second-order valence-corrected chi connectivity index (χ2v) is 5.00. The average Bonchev–Trinajstić information content (AvgIpc) is 2.92. The van der Waals surface area contributed by atoms with Crippen LogP contribution in [0.1, 0.15) is 28.8 Å². The zero-order valence-corrected chi connectivity index (χ0v) is 12.9. The number of carbonyl (C=O) groups excluding carboxylic acids is 2. The van der Waals surface area contributed by atoms with Gasteiger partial charge in [0.15, 0.2) is 6.10 Å². The van der Waals surface area contributed by atoms with Gasteiger partial charge in [0.25, 0.3) is 5.91 Å². The molecule has 6 nitrogen and oxygen atoms in total. The molecule has 24 heavy (non-hydrogen) atoms. The molecule has 0 radical (unpaired) electrons. The highest BCUT2D eigenvalue weighted by atomic mass is 19.1. The number of furan rings is 1. The Morgan fingerprint density at radius 1 is 1.33 bits per heavy atom. The fraction of sp³-hybridized carbons (Fsp3) is 0.250. The van der Waals surface area contributed by atoms with Crippen LogP contribution >= 0.6 is 0 Å². The van der Waals surface area contributed by atoms with E-state index < -0.39 is 29.6 Å². The van der Waals surface area contributed by atoms with Crippen molar-refractivity contribution >= 4 is 17.6 Å². The third-order valence-corrected chi connectivity index (χ3v) is 3.18. The van der Waals surface area contributed by atoms with E-state index in [-0.39, 0.29) is 29.4 Å². The molecule has 2 rings (SSSR count). The van der Waals surface area contributed by atoms with Crippen molar-refractivity contribution in [2.45, 2.75) is 26.6 Å². The Hall–Kier alpha value is -2.74. The molecule has 2 aromatic rings. The van der Waals surface area contributed by atoms with Crippen molar-refractivity contribution in [1.82, 2.24) is 0 Å². The minimum Gasteiger partial charge on any atom is -0.463 e. The molecule has 0 bridgehead atoms. The summed E-state index contributed by atoms with van der Waals surface area (Å²) in [7, 11) is 0. The Balaban J connectivity index is 2.04. The van der Waals surface area contributed by atoms with Crippen LogP contribution in [0.25, 0.3) is 0 Å². The standard InChI is InChI=1S/C16H15F2NO5/c1-8-12(6-11(7-20)23-8)16(22)24-9(2)15(21)19-14-5-10(17)3-4-13(14)18/h3-6,9,20H,7H2,1-2H3,(H,19,21). The molecule has 0 aliphatic rings. The van der Waals surface area contributed by atoms with E-state index in [0.717, 1.165) is 18.2 Å². The Kier molecular flexibility index (Phi) is 5.30. The molecule has 8 heteroatoms. The van der Waals surface area contributed by atoms with Crippen molar-refractivity contribution in [3.8, 4) is 0 Å². The lowest BCUT2D eigenvalue weighted by molar-refractivity contribution is -0.123. The Bertz CT molecular complexity index is 772. The highest BCUT2D eigenvalue weighted by molar-refractivity contribution is 5.97. The summed E-state index contributed by atoms with van der Waals surface area (Å²) in [5.74, 6) is -2.79. The number of ether oxygens (including phenoxy) is 1. The summed E-state index contributed by atoms with van der Waals surface area (Å²) in [4.78, 5) is 24.0. The van der Waals surface area contributed by atoms with Gasteiger partial charge in [-0.05, 0) is 32.0 Å². The molecular weight excluding hydrogens is 324 g/mol. The van der Waals surface area contributed by atoms with Gasteiger partial charge >= 0.3 is 5.97 Å². The van der Waals surface area contributed by atoms with Gasteiger partial charge in [0.1, 0.15) is 35.3 Å². The van der Waals surface area contributed by atoms with Gasteiger partial charge in [0.2, 0.25) is 0 Å². The number of aliphatic hydroxyl groups is 1. The number of halogens is 2. The minimum absolute atomic E-state index is 0.0654. The maximum atomic E-state index is 13.5. The van der Waals surface area contributed by atoms with Crippen LogP contribution in [0.5, 0.6) is 0 Å². The number of rotatable bonds is 5. The van der Waals surface area contributed by atoms with Crippen LogP contribution in [0.15, 0.2) is 28.7 Å². The maximum absolute atomic E-state index is 13.5. The third-order valence-electron chi connectivity index (χ3n) is 3.18. The maximum Gasteiger partial charge on any atom is 0.342 e. The first-order valence-electron chi connectivity index (χ1n) is 6.99. The van der Waals surface area contributed by atoms with Gasteiger partial charge in [0.05, 0.1) is 5.69 Å². The summed E-state index contributed by atoms with van der Waals surface area (Å²) in [6, 6.07) is 3.89. The molecule has 1 unspecified atom stereocenters. The first-order chi connectivity index (χ1) is 11.3. The van der Waals surface area contributed by atoms with E-state index in [9.17, 15) is 18.4 Å². The van der Waals surface area contributed by atoms with Crippen LogP contribution in [-0.4, -0.2) is 23.1 Å². The SMILES string of the molecule is Cc1oc(CO)cc1C(=O)OC(C)C(=O)Nc1cc(F)ccc1F. The predicted octanol–water partition coefficient (Wildman–Crippen LogP) is 2.54. The molecule has 2 N–H and O–H groups in total. The van der Waals surface area contributed by atoms with Crippen molar-refractivity contribution in [2.24, 2.45) is 0 Å². The number of nitrogens with one attached hydrogen (secondary N) is 1. The van der Waals surface area contributed by atoms with Gasteiger partial charge in [0, 0.05) is 6.07 Å². The smallest absolute Gasteiger partial charge is 0.342 e. The van der Waals surface area contributed by atoms with E-state index in [4.69, 9.17) is 14.3 Å². The second kappa shape index (κ2) is 7.22. The van der Waals surface area contributed by atoms with E-state index in [1.165, 1.54) is 19.9 Å². The van der Waals surface area contributed by atoms with E-state index in [0.29, 0.717) is 0 Å². The fourth-order valence-electron chi connectivity index (χ4n) is 1.93. The Labute approximate surface area is 136 Å². The zero-order valence-electron chi connectivity index (χ0n) is 12.9. The Morgan fingerprint density at radius 3 is 2.67 bits per heavy atom.